The van der Waals surface area contributed by atoms with Crippen LogP contribution in [-0.2, 0) is 9.98 Å². The number of nitrogens with one attached hydrogen (secondary N) is 2. The lowest BCUT2D eigenvalue weighted by molar-refractivity contribution is -0.288. The van der Waals surface area contributed by atoms with E-state index in [1.807, 2.05) is 12.1 Å². The number of carbonyl (C=O) groups excluding carboxylic acids is 2. The number of carboxylic acid groups (broad SMARTS) is 2. The lowest BCUT2D eigenvalue weighted by Gasteiger charge is -2.38. The van der Waals surface area contributed by atoms with Gasteiger partial charge in [0, 0.05) is 40.7 Å². The predicted octanol–water partition coefficient (Wildman–Crippen LogP) is 11.2. The van der Waals surface area contributed by atoms with Gasteiger partial charge in [-0.3, -0.25) is 9.59 Å². The van der Waals surface area contributed by atoms with Gasteiger partial charge in [0.2, 0.25) is 5.41 Å². The van der Waals surface area contributed by atoms with Gasteiger partial charge >= 0.3 is 24.3 Å². The van der Waals surface area contributed by atoms with Crippen molar-refractivity contribution >= 4 is 58.1 Å². The maximum absolute atomic E-state index is 15.5. The number of ether oxygens (including phenoxy) is 2. The number of rotatable bonds is 15. The van der Waals surface area contributed by atoms with Crippen LogP contribution in [0.15, 0.2) is 164 Å². The third-order valence-electron chi connectivity index (χ3n) is 11.1. The average Bonchev–Trinajstić information content (AvgIpc) is 3.32. The van der Waals surface area contributed by atoms with Crippen LogP contribution in [0.2, 0.25) is 0 Å². The van der Waals surface area contributed by atoms with Crippen molar-refractivity contribution in [2.45, 2.75) is 24.7 Å². The molecule has 0 saturated carbocycles. The summed E-state index contributed by atoms with van der Waals surface area (Å²) in [5.41, 5.74) is -11.5. The molecule has 352 valence electrons. The molecular weight excluding hydrogens is 930 g/mol. The van der Waals surface area contributed by atoms with Crippen LogP contribution in [0, 0.1) is 0 Å². The lowest BCUT2D eigenvalue weighted by atomic mass is 9.71. The van der Waals surface area contributed by atoms with Gasteiger partial charge < -0.3 is 34.9 Å². The second-order valence-electron chi connectivity index (χ2n) is 15.3. The first-order valence-electron chi connectivity index (χ1n) is 20.5. The van der Waals surface area contributed by atoms with Crippen molar-refractivity contribution in [2.24, 2.45) is 0 Å². The average molecular weight is 967 g/mol. The van der Waals surface area contributed by atoms with Crippen molar-refractivity contribution < 1.29 is 69.8 Å². The Bertz CT molecular complexity index is 3070. The Kier molecular flexibility index (Phi) is 13.6. The van der Waals surface area contributed by atoms with Crippen LogP contribution in [0.3, 0.4) is 0 Å². The van der Waals surface area contributed by atoms with E-state index >= 15 is 30.9 Å². The molecule has 0 aliphatic heterocycles. The maximum Gasteiger partial charge on any atom is 0.411 e. The van der Waals surface area contributed by atoms with Gasteiger partial charge in [-0.05, 0) is 96.9 Å². The van der Waals surface area contributed by atoms with E-state index in [-0.39, 0.29) is 35.4 Å². The number of halogens is 6. The first kappa shape index (κ1) is 48.8. The zero-order chi connectivity index (χ0) is 49.9. The molecule has 4 N–H and O–H groups in total. The third kappa shape index (κ3) is 9.54. The Morgan fingerprint density at radius 2 is 0.971 bits per heavy atom. The van der Waals surface area contributed by atoms with Crippen molar-refractivity contribution in [3.8, 4) is 23.0 Å². The highest BCUT2D eigenvalue weighted by Gasteiger charge is 2.72. The summed E-state index contributed by atoms with van der Waals surface area (Å²) in [7, 11) is -1.89. The fourth-order valence-corrected chi connectivity index (χ4v) is 10.5. The molecule has 11 nitrogen and oxygen atoms in total. The largest absolute Gasteiger partial charge is 0.478 e. The molecule has 0 aliphatic rings. The van der Waals surface area contributed by atoms with E-state index in [0.29, 0.717) is 45.6 Å². The fraction of sp³-hybridized carbons (Fsp3) is 0.0980. The molecular formula is C51H37F6N2O9P. The van der Waals surface area contributed by atoms with Crippen molar-refractivity contribution in [3.05, 3.63) is 197 Å². The lowest BCUT2D eigenvalue weighted by Crippen LogP contribution is -2.55. The zero-order valence-electron chi connectivity index (χ0n) is 36.1. The van der Waals surface area contributed by atoms with Crippen molar-refractivity contribution in [2.75, 3.05) is 17.7 Å². The first-order valence-corrected chi connectivity index (χ1v) is 22.2. The highest BCUT2D eigenvalue weighted by atomic mass is 31.2. The molecule has 0 unspecified atom stereocenters. The number of hydrogen-bond donors (Lipinski definition) is 4. The van der Waals surface area contributed by atoms with E-state index in [4.69, 9.17) is 9.47 Å². The fourth-order valence-electron chi connectivity index (χ4n) is 7.76. The quantitative estimate of drug-likeness (QED) is 0.0441. The second kappa shape index (κ2) is 19.2. The number of benzene rings is 7. The molecule has 0 heterocycles. The van der Waals surface area contributed by atoms with E-state index in [2.05, 4.69) is 10.6 Å². The topological polar surface area (TPSA) is 168 Å². The zero-order valence-corrected chi connectivity index (χ0v) is 37.0. The summed E-state index contributed by atoms with van der Waals surface area (Å²) in [6.07, 6.45) is -12.6. The van der Waals surface area contributed by atoms with Gasteiger partial charge in [0.05, 0.1) is 22.0 Å². The highest BCUT2D eigenvalue weighted by molar-refractivity contribution is 7.85. The molecule has 0 atom stereocenters. The molecule has 0 saturated heterocycles. The molecule has 0 bridgehead atoms. The summed E-state index contributed by atoms with van der Waals surface area (Å²) in [5.74, 6) is -5.18. The first-order chi connectivity index (χ1) is 32.7. The Morgan fingerprint density at radius 1 is 0.522 bits per heavy atom. The molecule has 0 radical (unpaired) electrons. The molecule has 69 heavy (non-hydrogen) atoms. The van der Waals surface area contributed by atoms with E-state index in [0.717, 1.165) is 12.6 Å². The van der Waals surface area contributed by atoms with Gasteiger partial charge in [0.1, 0.15) is 23.0 Å². The maximum atomic E-state index is 15.5. The van der Waals surface area contributed by atoms with Gasteiger partial charge in [0.25, 0.3) is 5.91 Å². The highest BCUT2D eigenvalue weighted by Crippen LogP contribution is 2.57. The SMILES string of the molecule is CNc1ccc(Oc2ccc(P(=O)(c3ccccc3)c3ccccc3)c(Oc3ccc(NC(=O)c4ccc(C(c5ccc(C(C)=O)c(C(=O)O)c5)(C(F)(F)F)C(F)(F)F)cc4C(=O)O)cc3)c2)cc1. The molecule has 0 fully saturated rings. The number of carbonyl (C=O) groups is 4. The number of hydrogen-bond acceptors (Lipinski definition) is 8. The monoisotopic (exact) mass is 966 g/mol. The summed E-state index contributed by atoms with van der Waals surface area (Å²) in [6, 6.07) is 36.6. The summed E-state index contributed by atoms with van der Waals surface area (Å²) in [4.78, 5) is 50.1. The summed E-state index contributed by atoms with van der Waals surface area (Å²) in [6.45, 7) is 0.866. The molecule has 0 aromatic heterocycles. The van der Waals surface area contributed by atoms with E-state index in [1.165, 1.54) is 24.3 Å². The number of alkyl halides is 6. The molecule has 7 rings (SSSR count). The molecule has 0 aliphatic carbocycles. The Labute approximate surface area is 389 Å². The van der Waals surface area contributed by atoms with Crippen LogP contribution in [0.25, 0.3) is 0 Å². The smallest absolute Gasteiger partial charge is 0.411 e. The number of carboxylic acids is 2. The van der Waals surface area contributed by atoms with Crippen molar-refractivity contribution in [1.29, 1.82) is 0 Å². The van der Waals surface area contributed by atoms with E-state index in [1.54, 1.807) is 98.0 Å². The van der Waals surface area contributed by atoms with E-state index in [9.17, 15) is 29.4 Å². The van der Waals surface area contributed by atoms with Gasteiger partial charge in [-0.25, -0.2) is 9.59 Å². The minimum atomic E-state index is -6.28. The van der Waals surface area contributed by atoms with Crippen LogP contribution >= 0.6 is 7.14 Å². The second-order valence-corrected chi connectivity index (χ2v) is 18.0. The summed E-state index contributed by atoms with van der Waals surface area (Å²) in [5, 5.41) is 26.4. The summed E-state index contributed by atoms with van der Waals surface area (Å²) < 4.78 is 118. The number of Topliss-reactive ketones (excluding diaryl/α,β-unsaturated/α-hetero) is 1. The van der Waals surface area contributed by atoms with Gasteiger partial charge in [-0.15, -0.1) is 0 Å². The molecule has 18 heteroatoms. The third-order valence-corrected chi connectivity index (χ3v) is 14.2. The Balaban J connectivity index is 1.24. The Hall–Kier alpha value is -8.17. The van der Waals surface area contributed by atoms with Crippen LogP contribution < -0.4 is 36.0 Å². The van der Waals surface area contributed by atoms with Crippen molar-refractivity contribution in [3.63, 3.8) is 0 Å². The molecule has 1 amide bonds. The molecule has 7 aromatic rings. The van der Waals surface area contributed by atoms with Crippen LogP contribution in [-0.4, -0.2) is 53.2 Å². The minimum Gasteiger partial charge on any atom is -0.478 e. The predicted molar refractivity (Wildman–Crippen MR) is 246 cm³/mol. The standard InChI is InChI=1S/C51H37F6N2O9P/c1-30(60)40-24-13-31(27-42(40)47(62)63)49(50(52,53)54,51(55,56)57)32-14-25-41(43(28-32)48(64)65)46(61)59-34-17-21-36(22-18-34)68-44-29-37(67-35-19-15-33(58-2)16-20-35)23-26-45(44)69(66,38-9-5-3-6-10-38)39-11-7-4-8-12-39/h3-29,58H,1-2H3,(H,59,61)(H,62,63)(H,64,65). The normalized spacial score (nSPS) is 11.9. The van der Waals surface area contributed by atoms with Crippen molar-refractivity contribution in [1.82, 2.24) is 0 Å². The van der Waals surface area contributed by atoms with Gasteiger partial charge in [0.15, 0.2) is 12.9 Å². The minimum absolute atomic E-state index is 0.0129. The molecule has 0 spiro atoms. The van der Waals surface area contributed by atoms with Gasteiger partial charge in [-0.2, -0.15) is 26.3 Å². The van der Waals surface area contributed by atoms with Crippen LogP contribution in [0.1, 0.15) is 59.5 Å². The molecule has 7 aromatic carbocycles. The van der Waals surface area contributed by atoms with Crippen LogP contribution in [0.5, 0.6) is 23.0 Å². The van der Waals surface area contributed by atoms with E-state index < -0.39 is 81.9 Å². The number of anilines is 2. The number of amides is 1. The van der Waals surface area contributed by atoms with Gasteiger partial charge in [-0.1, -0.05) is 78.9 Å². The summed E-state index contributed by atoms with van der Waals surface area (Å²) >= 11 is 0. The van der Waals surface area contributed by atoms with Crippen LogP contribution in [0.4, 0.5) is 37.7 Å². The number of aromatic carboxylic acids is 2. The Morgan fingerprint density at radius 3 is 1.43 bits per heavy atom. The number of ketones is 1.